The largest absolute Gasteiger partial charge is 0.465 e. The third-order valence-electron chi connectivity index (χ3n) is 3.58. The van der Waals surface area contributed by atoms with E-state index < -0.39 is 18.8 Å². The predicted octanol–water partition coefficient (Wildman–Crippen LogP) is 2.16. The lowest BCUT2D eigenvalue weighted by molar-refractivity contribution is -0.154. The molecule has 2 fully saturated rings. The number of carbonyl (C=O) groups is 1. The van der Waals surface area contributed by atoms with Gasteiger partial charge in [-0.1, -0.05) is 0 Å². The monoisotopic (exact) mass is 266 g/mol. The van der Waals surface area contributed by atoms with E-state index in [-0.39, 0.29) is 12.1 Å². The number of hydrogen-bond acceptors (Lipinski definition) is 2. The second-order valence-electron chi connectivity index (χ2n) is 5.02. The SMILES string of the molecule is O=C(O)N1CCC(N(CC(F)(F)F)C2CC2)CC1. The summed E-state index contributed by atoms with van der Waals surface area (Å²) in [6.07, 6.45) is -2.50. The van der Waals surface area contributed by atoms with Crippen LogP contribution in [0.4, 0.5) is 18.0 Å². The zero-order valence-corrected chi connectivity index (χ0v) is 9.99. The molecule has 1 heterocycles. The van der Waals surface area contributed by atoms with Gasteiger partial charge in [-0.2, -0.15) is 13.2 Å². The average Bonchev–Trinajstić information content (AvgIpc) is 3.08. The highest BCUT2D eigenvalue weighted by Gasteiger charge is 2.42. The van der Waals surface area contributed by atoms with Crippen molar-refractivity contribution >= 4 is 6.09 Å². The molecule has 1 aliphatic heterocycles. The van der Waals surface area contributed by atoms with Crippen LogP contribution in [-0.4, -0.2) is 58.9 Å². The number of nitrogens with zero attached hydrogens (tertiary/aromatic N) is 2. The third-order valence-corrected chi connectivity index (χ3v) is 3.58. The maximum atomic E-state index is 12.5. The summed E-state index contributed by atoms with van der Waals surface area (Å²) in [6, 6.07) is -0.0808. The van der Waals surface area contributed by atoms with E-state index >= 15 is 0 Å². The minimum Gasteiger partial charge on any atom is -0.465 e. The summed E-state index contributed by atoms with van der Waals surface area (Å²) >= 11 is 0. The second kappa shape index (κ2) is 4.95. The molecule has 2 aliphatic rings. The normalized spacial score (nSPS) is 22.6. The minimum atomic E-state index is -4.17. The quantitative estimate of drug-likeness (QED) is 0.851. The topological polar surface area (TPSA) is 43.8 Å². The Hall–Kier alpha value is -0.980. The van der Waals surface area contributed by atoms with Crippen LogP contribution in [0.15, 0.2) is 0 Å². The summed E-state index contributed by atoms with van der Waals surface area (Å²) in [5.41, 5.74) is 0. The second-order valence-corrected chi connectivity index (χ2v) is 5.02. The van der Waals surface area contributed by atoms with E-state index in [1.807, 2.05) is 0 Å². The number of carboxylic acid groups (broad SMARTS) is 1. The average molecular weight is 266 g/mol. The fourth-order valence-corrected chi connectivity index (χ4v) is 2.56. The maximum absolute atomic E-state index is 12.5. The van der Waals surface area contributed by atoms with Gasteiger partial charge in [0.1, 0.15) is 0 Å². The third kappa shape index (κ3) is 3.51. The van der Waals surface area contributed by atoms with Crippen LogP contribution >= 0.6 is 0 Å². The molecule has 0 bridgehead atoms. The summed E-state index contributed by atoms with van der Waals surface area (Å²) in [4.78, 5) is 13.5. The van der Waals surface area contributed by atoms with E-state index in [4.69, 9.17) is 5.11 Å². The van der Waals surface area contributed by atoms with E-state index in [0.717, 1.165) is 12.8 Å². The number of alkyl halides is 3. The molecule has 0 aromatic heterocycles. The Bertz CT molecular complexity index is 310. The van der Waals surface area contributed by atoms with Crippen LogP contribution < -0.4 is 0 Å². The van der Waals surface area contributed by atoms with E-state index in [9.17, 15) is 18.0 Å². The van der Waals surface area contributed by atoms with Crippen molar-refractivity contribution < 1.29 is 23.1 Å². The zero-order valence-electron chi connectivity index (χ0n) is 9.99. The first kappa shape index (κ1) is 13.5. The molecule has 1 amide bonds. The van der Waals surface area contributed by atoms with Crippen molar-refractivity contribution in [2.45, 2.75) is 43.9 Å². The van der Waals surface area contributed by atoms with Crippen LogP contribution in [-0.2, 0) is 0 Å². The van der Waals surface area contributed by atoms with Gasteiger partial charge in [0.2, 0.25) is 0 Å². The Morgan fingerprint density at radius 3 is 2.06 bits per heavy atom. The minimum absolute atomic E-state index is 0.0491. The van der Waals surface area contributed by atoms with Crippen LogP contribution in [0.3, 0.4) is 0 Å². The number of piperidine rings is 1. The Morgan fingerprint density at radius 2 is 1.67 bits per heavy atom. The predicted molar refractivity (Wildman–Crippen MR) is 58.4 cm³/mol. The summed E-state index contributed by atoms with van der Waals surface area (Å²) in [7, 11) is 0. The summed E-state index contributed by atoms with van der Waals surface area (Å²) in [5, 5.41) is 8.80. The lowest BCUT2D eigenvalue weighted by Gasteiger charge is -2.38. The van der Waals surface area contributed by atoms with Crippen molar-refractivity contribution in [1.82, 2.24) is 9.80 Å². The molecule has 1 aliphatic carbocycles. The standard InChI is InChI=1S/C11H17F3N2O2/c12-11(13,14)7-16(8-1-2-8)9-3-5-15(6-4-9)10(17)18/h8-9H,1-7H2,(H,17,18). The molecule has 0 aromatic rings. The van der Waals surface area contributed by atoms with Gasteiger partial charge in [-0.15, -0.1) is 0 Å². The first-order chi connectivity index (χ1) is 8.37. The molecule has 4 nitrogen and oxygen atoms in total. The number of amides is 1. The zero-order chi connectivity index (χ0) is 13.3. The van der Waals surface area contributed by atoms with Crippen molar-refractivity contribution in [3.8, 4) is 0 Å². The molecule has 0 atom stereocenters. The van der Waals surface area contributed by atoms with Crippen molar-refractivity contribution in [3.63, 3.8) is 0 Å². The van der Waals surface area contributed by atoms with Crippen LogP contribution in [0, 0.1) is 0 Å². The van der Waals surface area contributed by atoms with Crippen LogP contribution in [0.2, 0.25) is 0 Å². The molecule has 7 heteroatoms. The van der Waals surface area contributed by atoms with Gasteiger partial charge in [0.25, 0.3) is 0 Å². The maximum Gasteiger partial charge on any atom is 0.407 e. The summed E-state index contributed by atoms with van der Waals surface area (Å²) < 4.78 is 37.5. The van der Waals surface area contributed by atoms with E-state index in [2.05, 4.69) is 0 Å². The lowest BCUT2D eigenvalue weighted by atomic mass is 10.0. The van der Waals surface area contributed by atoms with Gasteiger partial charge in [0.05, 0.1) is 6.54 Å². The fourth-order valence-electron chi connectivity index (χ4n) is 2.56. The molecule has 1 N–H and O–H groups in total. The first-order valence-electron chi connectivity index (χ1n) is 6.17. The number of likely N-dealkylation sites (tertiary alicyclic amines) is 1. The van der Waals surface area contributed by atoms with Gasteiger partial charge in [-0.25, -0.2) is 4.79 Å². The van der Waals surface area contributed by atoms with Crippen molar-refractivity contribution in [2.24, 2.45) is 0 Å². The Morgan fingerprint density at radius 1 is 1.17 bits per heavy atom. The number of rotatable bonds is 3. The molecule has 1 saturated carbocycles. The lowest BCUT2D eigenvalue weighted by Crippen LogP contribution is -2.49. The van der Waals surface area contributed by atoms with Gasteiger partial charge >= 0.3 is 12.3 Å². The molecule has 0 unspecified atom stereocenters. The summed E-state index contributed by atoms with van der Waals surface area (Å²) in [5.74, 6) is 0. The molecule has 0 aromatic carbocycles. The molecule has 0 spiro atoms. The van der Waals surface area contributed by atoms with Crippen LogP contribution in [0.1, 0.15) is 25.7 Å². The van der Waals surface area contributed by atoms with Crippen molar-refractivity contribution in [1.29, 1.82) is 0 Å². The highest BCUT2D eigenvalue weighted by atomic mass is 19.4. The van der Waals surface area contributed by atoms with Gasteiger partial charge in [-0.05, 0) is 25.7 Å². The highest BCUT2D eigenvalue weighted by molar-refractivity contribution is 5.65. The molecule has 104 valence electrons. The smallest absolute Gasteiger partial charge is 0.407 e. The Balaban J connectivity index is 1.90. The van der Waals surface area contributed by atoms with Gasteiger partial charge in [-0.3, -0.25) is 4.90 Å². The Labute approximate surface area is 103 Å². The van der Waals surface area contributed by atoms with Crippen LogP contribution in [0.5, 0.6) is 0 Å². The molecule has 18 heavy (non-hydrogen) atoms. The molecule has 1 saturated heterocycles. The van der Waals surface area contributed by atoms with Gasteiger partial charge in [0, 0.05) is 25.2 Å². The van der Waals surface area contributed by atoms with E-state index in [1.165, 1.54) is 9.80 Å². The first-order valence-corrected chi connectivity index (χ1v) is 6.17. The molecule has 2 rings (SSSR count). The summed E-state index contributed by atoms with van der Waals surface area (Å²) in [6.45, 7) is -0.197. The number of hydrogen-bond donors (Lipinski definition) is 1. The molecular formula is C11H17F3N2O2. The van der Waals surface area contributed by atoms with Gasteiger partial charge < -0.3 is 10.0 Å². The highest BCUT2D eigenvalue weighted by Crippen LogP contribution is 2.34. The molecule has 0 radical (unpaired) electrons. The van der Waals surface area contributed by atoms with E-state index in [1.54, 1.807) is 0 Å². The van der Waals surface area contributed by atoms with Gasteiger partial charge in [0.15, 0.2) is 0 Å². The molecular weight excluding hydrogens is 249 g/mol. The van der Waals surface area contributed by atoms with Crippen molar-refractivity contribution in [3.05, 3.63) is 0 Å². The van der Waals surface area contributed by atoms with Crippen molar-refractivity contribution in [2.75, 3.05) is 19.6 Å². The fraction of sp³-hybridized carbons (Fsp3) is 0.909. The van der Waals surface area contributed by atoms with E-state index in [0.29, 0.717) is 25.9 Å². The number of halogens is 3. The Kier molecular flexibility index (Phi) is 3.70. The van der Waals surface area contributed by atoms with Crippen LogP contribution in [0.25, 0.3) is 0 Å².